The molecule has 3 rings (SSSR count). The van der Waals surface area contributed by atoms with Crippen molar-refractivity contribution in [1.82, 2.24) is 4.98 Å². The number of hydrogen-bond acceptors (Lipinski definition) is 2. The van der Waals surface area contributed by atoms with Crippen molar-refractivity contribution in [2.45, 2.75) is 0 Å². The van der Waals surface area contributed by atoms with Crippen molar-refractivity contribution in [3.63, 3.8) is 0 Å². The van der Waals surface area contributed by atoms with Crippen LogP contribution in [0.3, 0.4) is 0 Å². The van der Waals surface area contributed by atoms with E-state index in [0.29, 0.717) is 5.75 Å². The van der Waals surface area contributed by atoms with Crippen molar-refractivity contribution in [3.8, 4) is 22.8 Å². The molecule has 0 unspecified atom stereocenters. The Morgan fingerprint density at radius 1 is 0.900 bits per heavy atom. The van der Waals surface area contributed by atoms with Crippen LogP contribution in [-0.2, 0) is 0 Å². The summed E-state index contributed by atoms with van der Waals surface area (Å²) in [5.74, 6) is 1.43. The van der Waals surface area contributed by atoms with Crippen LogP contribution in [0.4, 0.5) is 0 Å². The quantitative estimate of drug-likeness (QED) is 0.769. The lowest BCUT2D eigenvalue weighted by Gasteiger charge is -2.08. The fourth-order valence-corrected chi connectivity index (χ4v) is 2.43. The van der Waals surface area contributed by atoms with E-state index in [2.05, 4.69) is 11.1 Å². The summed E-state index contributed by atoms with van der Waals surface area (Å²) >= 11 is 6.00. The van der Waals surface area contributed by atoms with Crippen LogP contribution < -0.4 is 9.47 Å². The smallest absolute Gasteiger partial charge is 0.161 e. The third kappa shape index (κ3) is 2.21. The third-order valence-corrected chi connectivity index (χ3v) is 3.51. The molecule has 1 N–H and O–H groups in total. The van der Waals surface area contributed by atoms with Crippen molar-refractivity contribution in [3.05, 3.63) is 47.5 Å². The van der Waals surface area contributed by atoms with E-state index in [-0.39, 0.29) is 0 Å². The molecule has 102 valence electrons. The first-order valence-electron chi connectivity index (χ1n) is 6.22. The van der Waals surface area contributed by atoms with Gasteiger partial charge in [0.15, 0.2) is 11.5 Å². The number of hydrogen-bond donors (Lipinski definition) is 1. The Bertz CT molecular complexity index is 764. The molecule has 0 aliphatic heterocycles. The van der Waals surface area contributed by atoms with E-state index in [1.807, 2.05) is 36.4 Å². The molecule has 3 aromatic rings. The molecule has 0 aliphatic rings. The summed E-state index contributed by atoms with van der Waals surface area (Å²) in [7, 11) is 3.26. The van der Waals surface area contributed by atoms with Crippen LogP contribution in [0, 0.1) is 0 Å². The number of benzene rings is 2. The minimum absolute atomic E-state index is 0.710. The van der Waals surface area contributed by atoms with Crippen molar-refractivity contribution < 1.29 is 9.47 Å². The molecule has 0 bridgehead atoms. The van der Waals surface area contributed by atoms with Gasteiger partial charge in [0.1, 0.15) is 0 Å². The molecule has 0 fully saturated rings. The van der Waals surface area contributed by atoms with Crippen LogP contribution in [0.5, 0.6) is 11.5 Å². The highest BCUT2D eigenvalue weighted by Crippen LogP contribution is 2.33. The number of aromatic amines is 1. The molecule has 2 aromatic carbocycles. The first-order chi connectivity index (χ1) is 9.71. The van der Waals surface area contributed by atoms with Crippen molar-refractivity contribution in [2.24, 2.45) is 0 Å². The molecule has 0 saturated heterocycles. The zero-order chi connectivity index (χ0) is 14.1. The van der Waals surface area contributed by atoms with Gasteiger partial charge in [-0.3, -0.25) is 0 Å². The van der Waals surface area contributed by atoms with Crippen molar-refractivity contribution in [2.75, 3.05) is 14.2 Å². The van der Waals surface area contributed by atoms with E-state index in [0.717, 1.165) is 32.9 Å². The van der Waals surface area contributed by atoms with E-state index in [4.69, 9.17) is 21.1 Å². The maximum atomic E-state index is 6.00. The Hall–Kier alpha value is -2.13. The Balaban J connectivity index is 2.10. The van der Waals surface area contributed by atoms with Gasteiger partial charge in [0.05, 0.1) is 14.2 Å². The predicted octanol–water partition coefficient (Wildman–Crippen LogP) is 4.51. The molecule has 4 heteroatoms. The standard InChI is InChI=1S/C16H14ClNO2/c1-19-15-6-4-11(8-16(15)20-2)13-7-10-3-5-12(17)9-14(10)18-13/h3-9,18H,1-2H3. The molecule has 20 heavy (non-hydrogen) atoms. The average Bonchev–Trinajstić information content (AvgIpc) is 2.89. The van der Waals surface area contributed by atoms with Gasteiger partial charge < -0.3 is 14.5 Å². The molecule has 0 amide bonds. The summed E-state index contributed by atoms with van der Waals surface area (Å²) in [6, 6.07) is 13.7. The van der Waals surface area contributed by atoms with Gasteiger partial charge in [-0.15, -0.1) is 0 Å². The second kappa shape index (κ2) is 5.10. The molecular weight excluding hydrogens is 274 g/mol. The largest absolute Gasteiger partial charge is 0.493 e. The van der Waals surface area contributed by atoms with Crippen LogP contribution in [0.15, 0.2) is 42.5 Å². The number of halogens is 1. The topological polar surface area (TPSA) is 34.2 Å². The fraction of sp³-hybridized carbons (Fsp3) is 0.125. The zero-order valence-electron chi connectivity index (χ0n) is 11.2. The van der Waals surface area contributed by atoms with Gasteiger partial charge in [-0.25, -0.2) is 0 Å². The second-order valence-corrected chi connectivity index (χ2v) is 4.92. The Morgan fingerprint density at radius 2 is 1.70 bits per heavy atom. The van der Waals surface area contributed by atoms with Gasteiger partial charge in [0, 0.05) is 27.2 Å². The van der Waals surface area contributed by atoms with Crippen LogP contribution >= 0.6 is 11.6 Å². The lowest BCUT2D eigenvalue weighted by Crippen LogP contribution is -1.90. The zero-order valence-corrected chi connectivity index (χ0v) is 12.0. The van der Waals surface area contributed by atoms with Gasteiger partial charge in [0.2, 0.25) is 0 Å². The molecule has 1 aromatic heterocycles. The van der Waals surface area contributed by atoms with Gasteiger partial charge in [-0.1, -0.05) is 17.7 Å². The molecule has 0 radical (unpaired) electrons. The highest BCUT2D eigenvalue weighted by molar-refractivity contribution is 6.31. The lowest BCUT2D eigenvalue weighted by molar-refractivity contribution is 0.355. The second-order valence-electron chi connectivity index (χ2n) is 4.48. The number of H-pyrrole nitrogens is 1. The first-order valence-corrected chi connectivity index (χ1v) is 6.60. The van der Waals surface area contributed by atoms with Crippen LogP contribution in [0.1, 0.15) is 0 Å². The maximum Gasteiger partial charge on any atom is 0.161 e. The maximum absolute atomic E-state index is 6.00. The number of aromatic nitrogens is 1. The Morgan fingerprint density at radius 3 is 2.45 bits per heavy atom. The molecule has 1 heterocycles. The number of rotatable bonds is 3. The van der Waals surface area contributed by atoms with E-state index < -0.39 is 0 Å². The number of nitrogens with one attached hydrogen (secondary N) is 1. The fourth-order valence-electron chi connectivity index (χ4n) is 2.26. The Kier molecular flexibility index (Phi) is 3.28. The highest BCUT2D eigenvalue weighted by atomic mass is 35.5. The summed E-state index contributed by atoms with van der Waals surface area (Å²) < 4.78 is 10.6. The van der Waals surface area contributed by atoms with Gasteiger partial charge >= 0.3 is 0 Å². The predicted molar refractivity (Wildman–Crippen MR) is 81.8 cm³/mol. The minimum atomic E-state index is 0.710. The molecule has 0 aliphatic carbocycles. The first kappa shape index (κ1) is 12.9. The van der Waals surface area contributed by atoms with Crippen LogP contribution in [0.25, 0.3) is 22.2 Å². The summed E-state index contributed by atoms with van der Waals surface area (Å²) in [6.07, 6.45) is 0. The third-order valence-electron chi connectivity index (χ3n) is 3.28. The minimum Gasteiger partial charge on any atom is -0.493 e. The number of methoxy groups -OCH3 is 2. The van der Waals surface area contributed by atoms with Gasteiger partial charge in [0.25, 0.3) is 0 Å². The molecule has 0 saturated carbocycles. The summed E-state index contributed by atoms with van der Waals surface area (Å²) in [5, 5.41) is 1.84. The number of ether oxygens (including phenoxy) is 2. The monoisotopic (exact) mass is 287 g/mol. The summed E-state index contributed by atoms with van der Waals surface area (Å²) in [4.78, 5) is 3.36. The normalized spacial score (nSPS) is 10.8. The van der Waals surface area contributed by atoms with Crippen molar-refractivity contribution >= 4 is 22.5 Å². The highest BCUT2D eigenvalue weighted by Gasteiger charge is 2.08. The van der Waals surface area contributed by atoms with Gasteiger partial charge in [-0.05, 0) is 36.4 Å². The molecule has 0 atom stereocenters. The van der Waals surface area contributed by atoms with Gasteiger partial charge in [-0.2, -0.15) is 0 Å². The Labute approximate surface area is 122 Å². The average molecular weight is 288 g/mol. The summed E-state index contributed by atoms with van der Waals surface area (Å²) in [5.41, 5.74) is 3.07. The van der Waals surface area contributed by atoms with Crippen LogP contribution in [0.2, 0.25) is 5.02 Å². The molecule has 0 spiro atoms. The molecule has 3 nitrogen and oxygen atoms in total. The van der Waals surface area contributed by atoms with E-state index in [1.165, 1.54) is 0 Å². The van der Waals surface area contributed by atoms with E-state index in [1.54, 1.807) is 14.2 Å². The summed E-state index contributed by atoms with van der Waals surface area (Å²) in [6.45, 7) is 0. The van der Waals surface area contributed by atoms with Crippen molar-refractivity contribution in [1.29, 1.82) is 0 Å². The molecular formula is C16H14ClNO2. The lowest BCUT2D eigenvalue weighted by atomic mass is 10.1. The number of fused-ring (bicyclic) bond motifs is 1. The van der Waals surface area contributed by atoms with E-state index in [9.17, 15) is 0 Å². The van der Waals surface area contributed by atoms with E-state index >= 15 is 0 Å². The van der Waals surface area contributed by atoms with Crippen LogP contribution in [-0.4, -0.2) is 19.2 Å². The SMILES string of the molecule is COc1ccc(-c2cc3ccc(Cl)cc3[nH]2)cc1OC.